The van der Waals surface area contributed by atoms with Crippen molar-refractivity contribution >= 4 is 5.91 Å². The summed E-state index contributed by atoms with van der Waals surface area (Å²) in [5, 5.41) is 2.90. The van der Waals surface area contributed by atoms with Gasteiger partial charge in [-0.25, -0.2) is 0 Å². The first-order chi connectivity index (χ1) is 7.72. The Labute approximate surface area is 96.2 Å². The van der Waals surface area contributed by atoms with E-state index >= 15 is 0 Å². The fourth-order valence-electron chi connectivity index (χ4n) is 1.52. The fraction of sp³-hybridized carbons (Fsp3) is 0.462. The molecule has 1 N–H and O–H groups in total. The summed E-state index contributed by atoms with van der Waals surface area (Å²) < 4.78 is 5.21. The average molecular weight is 219 g/mol. The summed E-state index contributed by atoms with van der Waals surface area (Å²) in [6.07, 6.45) is 8.87. The minimum Gasteiger partial charge on any atom is -0.469 e. The van der Waals surface area contributed by atoms with E-state index in [1.807, 2.05) is 13.8 Å². The monoisotopic (exact) mass is 219 g/mol. The van der Waals surface area contributed by atoms with Crippen molar-refractivity contribution in [2.45, 2.75) is 39.2 Å². The highest BCUT2D eigenvalue weighted by Crippen LogP contribution is 2.11. The van der Waals surface area contributed by atoms with Crippen LogP contribution in [-0.4, -0.2) is 11.9 Å². The minimum atomic E-state index is -0.104. The van der Waals surface area contributed by atoms with Gasteiger partial charge in [0.1, 0.15) is 5.76 Å². The summed E-state index contributed by atoms with van der Waals surface area (Å²) in [5.41, 5.74) is 0.609. The molecule has 1 heterocycles. The van der Waals surface area contributed by atoms with Crippen molar-refractivity contribution < 1.29 is 9.21 Å². The molecule has 0 fully saturated rings. The first-order valence-electron chi connectivity index (χ1n) is 5.53. The Bertz CT molecular complexity index is 387. The Hall–Kier alpha value is -1.69. The van der Waals surface area contributed by atoms with Gasteiger partial charge in [-0.05, 0) is 12.5 Å². The van der Waals surface area contributed by atoms with Crippen molar-refractivity contribution in [3.05, 3.63) is 23.7 Å². The van der Waals surface area contributed by atoms with Gasteiger partial charge in [0.05, 0.1) is 11.8 Å². The number of amides is 1. The normalized spacial score (nSPS) is 11.8. The van der Waals surface area contributed by atoms with Crippen LogP contribution in [0.3, 0.4) is 0 Å². The molecule has 3 heteroatoms. The third kappa shape index (κ3) is 2.90. The van der Waals surface area contributed by atoms with Gasteiger partial charge in [-0.15, -0.1) is 12.3 Å². The molecule has 16 heavy (non-hydrogen) atoms. The molecule has 1 amide bonds. The van der Waals surface area contributed by atoms with E-state index < -0.39 is 0 Å². The van der Waals surface area contributed by atoms with Crippen LogP contribution in [0, 0.1) is 12.3 Å². The molecule has 0 spiro atoms. The predicted molar refractivity (Wildman–Crippen MR) is 63.1 cm³/mol. The first kappa shape index (κ1) is 12.4. The molecule has 1 rings (SSSR count). The lowest BCUT2D eigenvalue weighted by Crippen LogP contribution is -2.34. The van der Waals surface area contributed by atoms with Crippen molar-refractivity contribution in [1.29, 1.82) is 0 Å². The number of carbonyl (C=O) groups excluding carboxylic acids is 1. The summed E-state index contributed by atoms with van der Waals surface area (Å²) in [6.45, 7) is 3.95. The highest BCUT2D eigenvalue weighted by atomic mass is 16.3. The second kappa shape index (κ2) is 6.02. The van der Waals surface area contributed by atoms with Crippen LogP contribution in [0.15, 0.2) is 16.7 Å². The van der Waals surface area contributed by atoms with Gasteiger partial charge in [-0.3, -0.25) is 4.79 Å². The van der Waals surface area contributed by atoms with E-state index in [0.29, 0.717) is 24.2 Å². The predicted octanol–water partition coefficient (Wildman–Crippen LogP) is 2.37. The van der Waals surface area contributed by atoms with Gasteiger partial charge in [0, 0.05) is 18.9 Å². The quantitative estimate of drug-likeness (QED) is 0.772. The molecule has 0 aromatic carbocycles. The lowest BCUT2D eigenvalue weighted by Gasteiger charge is -2.13. The molecule has 3 nitrogen and oxygen atoms in total. The van der Waals surface area contributed by atoms with Gasteiger partial charge < -0.3 is 9.73 Å². The van der Waals surface area contributed by atoms with Crippen LogP contribution < -0.4 is 5.32 Å². The summed E-state index contributed by atoms with van der Waals surface area (Å²) in [7, 11) is 0. The Morgan fingerprint density at radius 3 is 2.94 bits per heavy atom. The Balaban J connectivity index is 2.68. The number of nitrogens with one attached hydrogen (secondary N) is 1. The molecule has 0 radical (unpaired) electrons. The van der Waals surface area contributed by atoms with Gasteiger partial charge in [-0.2, -0.15) is 0 Å². The molecular weight excluding hydrogens is 202 g/mol. The summed E-state index contributed by atoms with van der Waals surface area (Å²) in [5.74, 6) is 3.17. The van der Waals surface area contributed by atoms with E-state index in [0.717, 1.165) is 6.42 Å². The van der Waals surface area contributed by atoms with Gasteiger partial charge in [0.2, 0.25) is 0 Å². The number of hydrogen-bond acceptors (Lipinski definition) is 2. The largest absolute Gasteiger partial charge is 0.469 e. The van der Waals surface area contributed by atoms with Gasteiger partial charge in [0.25, 0.3) is 5.91 Å². The molecule has 86 valence electrons. The second-order valence-corrected chi connectivity index (χ2v) is 3.60. The van der Waals surface area contributed by atoms with Crippen LogP contribution in [0.2, 0.25) is 0 Å². The highest BCUT2D eigenvalue weighted by Gasteiger charge is 2.15. The van der Waals surface area contributed by atoms with E-state index in [4.69, 9.17) is 10.8 Å². The van der Waals surface area contributed by atoms with Crippen molar-refractivity contribution in [2.75, 3.05) is 0 Å². The maximum absolute atomic E-state index is 11.9. The third-order valence-electron chi connectivity index (χ3n) is 2.50. The number of furan rings is 1. The minimum absolute atomic E-state index is 0.0390. The van der Waals surface area contributed by atoms with E-state index in [1.54, 1.807) is 6.07 Å². The maximum atomic E-state index is 11.9. The first-order valence-corrected chi connectivity index (χ1v) is 5.53. The lowest BCUT2D eigenvalue weighted by atomic mass is 10.1. The lowest BCUT2D eigenvalue weighted by molar-refractivity contribution is 0.0934. The fourth-order valence-corrected chi connectivity index (χ4v) is 1.52. The molecule has 0 saturated heterocycles. The molecule has 0 aliphatic rings. The van der Waals surface area contributed by atoms with Crippen molar-refractivity contribution in [1.82, 2.24) is 5.32 Å². The van der Waals surface area contributed by atoms with E-state index in [1.165, 1.54) is 6.26 Å². The Morgan fingerprint density at radius 2 is 2.38 bits per heavy atom. The van der Waals surface area contributed by atoms with E-state index in [-0.39, 0.29) is 11.9 Å². The van der Waals surface area contributed by atoms with Gasteiger partial charge in [-0.1, -0.05) is 13.8 Å². The number of carbonyl (C=O) groups is 1. The summed E-state index contributed by atoms with van der Waals surface area (Å²) >= 11 is 0. The van der Waals surface area contributed by atoms with Crippen molar-refractivity contribution in [2.24, 2.45) is 0 Å². The smallest absolute Gasteiger partial charge is 0.255 e. The van der Waals surface area contributed by atoms with Crippen LogP contribution in [-0.2, 0) is 6.42 Å². The Kier molecular flexibility index (Phi) is 4.65. The zero-order chi connectivity index (χ0) is 12.0. The molecule has 1 unspecified atom stereocenters. The summed E-state index contributed by atoms with van der Waals surface area (Å²) in [6, 6.07) is 1.73. The zero-order valence-corrected chi connectivity index (χ0v) is 9.75. The highest BCUT2D eigenvalue weighted by molar-refractivity contribution is 5.95. The van der Waals surface area contributed by atoms with Crippen LogP contribution in [0.5, 0.6) is 0 Å². The number of aryl methyl sites for hydroxylation is 1. The zero-order valence-electron chi connectivity index (χ0n) is 9.75. The number of hydrogen-bond donors (Lipinski definition) is 1. The molecule has 0 saturated carbocycles. The third-order valence-corrected chi connectivity index (χ3v) is 2.50. The van der Waals surface area contributed by atoms with E-state index in [9.17, 15) is 4.79 Å². The average Bonchev–Trinajstić information content (AvgIpc) is 2.76. The summed E-state index contributed by atoms with van der Waals surface area (Å²) in [4.78, 5) is 11.9. The molecule has 0 aliphatic carbocycles. The van der Waals surface area contributed by atoms with Crippen LogP contribution >= 0.6 is 0 Å². The second-order valence-electron chi connectivity index (χ2n) is 3.60. The molecular formula is C13H17NO2. The van der Waals surface area contributed by atoms with Crippen molar-refractivity contribution in [3.63, 3.8) is 0 Å². The van der Waals surface area contributed by atoms with Crippen LogP contribution in [0.25, 0.3) is 0 Å². The Morgan fingerprint density at radius 1 is 1.62 bits per heavy atom. The molecule has 1 aromatic heterocycles. The molecule has 0 aliphatic heterocycles. The van der Waals surface area contributed by atoms with E-state index in [2.05, 4.69) is 11.2 Å². The SMILES string of the molecule is C#CCC(CC)NC(=O)c1ccoc1CC. The molecule has 1 aromatic rings. The standard InChI is InChI=1S/C13H17NO2/c1-4-7-10(5-2)14-13(15)11-8-9-16-12(11)6-3/h1,8-10H,5-7H2,2-3H3,(H,14,15). The van der Waals surface area contributed by atoms with Crippen molar-refractivity contribution in [3.8, 4) is 12.3 Å². The number of terminal acetylenes is 1. The van der Waals surface area contributed by atoms with Crippen LogP contribution in [0.4, 0.5) is 0 Å². The topological polar surface area (TPSA) is 42.2 Å². The number of rotatable bonds is 5. The molecule has 1 atom stereocenters. The van der Waals surface area contributed by atoms with Gasteiger partial charge in [0.15, 0.2) is 0 Å². The van der Waals surface area contributed by atoms with Gasteiger partial charge >= 0.3 is 0 Å². The van der Waals surface area contributed by atoms with Crippen LogP contribution in [0.1, 0.15) is 42.8 Å². The maximum Gasteiger partial charge on any atom is 0.255 e. The molecule has 0 bridgehead atoms.